The lowest BCUT2D eigenvalue weighted by Crippen LogP contribution is -2.25. The summed E-state index contributed by atoms with van der Waals surface area (Å²) >= 11 is 5.49. The van der Waals surface area contributed by atoms with E-state index in [9.17, 15) is 9.18 Å². The Balaban J connectivity index is 2.42. The zero-order chi connectivity index (χ0) is 12.7. The van der Waals surface area contributed by atoms with Crippen molar-refractivity contribution in [2.45, 2.75) is 4.90 Å². The van der Waals surface area contributed by atoms with E-state index in [1.54, 1.807) is 11.8 Å². The van der Waals surface area contributed by atoms with Gasteiger partial charge in [0, 0.05) is 22.8 Å². The minimum Gasteiger partial charge on any atom is -0.351 e. The molecule has 1 aromatic carbocycles. The van der Waals surface area contributed by atoms with Crippen molar-refractivity contribution in [3.63, 3.8) is 0 Å². The Morgan fingerprint density at radius 3 is 3.00 bits per heavy atom. The van der Waals surface area contributed by atoms with Crippen LogP contribution in [0, 0.1) is 18.2 Å². The average molecular weight is 269 g/mol. The summed E-state index contributed by atoms with van der Waals surface area (Å²) in [5.74, 6) is 3.22. The monoisotopic (exact) mass is 269 g/mol. The molecule has 0 aliphatic heterocycles. The van der Waals surface area contributed by atoms with Gasteiger partial charge < -0.3 is 5.32 Å². The number of carbonyl (C=O) groups excluding carboxylic acids is 1. The number of amides is 1. The fourth-order valence-corrected chi connectivity index (χ4v) is 1.85. The van der Waals surface area contributed by atoms with E-state index in [4.69, 9.17) is 6.42 Å². The maximum Gasteiger partial charge on any atom is 0.251 e. The second-order valence-corrected chi connectivity index (χ2v) is 4.77. The van der Waals surface area contributed by atoms with E-state index in [1.807, 2.05) is 0 Å². The van der Waals surface area contributed by atoms with E-state index in [-0.39, 0.29) is 10.8 Å². The number of hydrogen-bond acceptors (Lipinski definition) is 3. The van der Waals surface area contributed by atoms with Crippen LogP contribution >= 0.6 is 24.4 Å². The molecule has 0 atom stereocenters. The summed E-state index contributed by atoms with van der Waals surface area (Å²) in [5.41, 5.74) is 0.401. The Labute approximate surface area is 110 Å². The molecule has 0 aliphatic rings. The Morgan fingerprint density at radius 2 is 2.35 bits per heavy atom. The van der Waals surface area contributed by atoms with E-state index in [0.29, 0.717) is 17.9 Å². The summed E-state index contributed by atoms with van der Waals surface area (Å²) in [6, 6.07) is 4.06. The molecule has 5 heteroatoms. The number of terminal acetylenes is 1. The van der Waals surface area contributed by atoms with Gasteiger partial charge in [-0.15, -0.1) is 30.8 Å². The molecule has 0 fully saturated rings. The number of nitrogens with one attached hydrogen (secondary N) is 1. The second-order valence-electron chi connectivity index (χ2n) is 3.18. The number of hydrogen-bond donors (Lipinski definition) is 2. The van der Waals surface area contributed by atoms with E-state index >= 15 is 0 Å². The molecule has 0 aliphatic carbocycles. The van der Waals surface area contributed by atoms with Gasteiger partial charge in [0.2, 0.25) is 0 Å². The second kappa shape index (κ2) is 7.25. The zero-order valence-electron chi connectivity index (χ0n) is 9.07. The first-order valence-corrected chi connectivity index (χ1v) is 6.53. The standard InChI is InChI=1S/C12H12FNOS2/c1-2-6-17-7-5-14-12(15)9-3-4-10(13)11(16)8-9/h1,3-4,8,16H,5-7H2,(H,14,15). The van der Waals surface area contributed by atoms with Crippen LogP contribution in [-0.2, 0) is 0 Å². The lowest BCUT2D eigenvalue weighted by molar-refractivity contribution is 0.0956. The van der Waals surface area contributed by atoms with Crippen LogP contribution in [0.4, 0.5) is 4.39 Å². The van der Waals surface area contributed by atoms with Gasteiger partial charge in [0.25, 0.3) is 5.91 Å². The summed E-state index contributed by atoms with van der Waals surface area (Å²) in [4.78, 5) is 11.8. The van der Waals surface area contributed by atoms with Crippen molar-refractivity contribution >= 4 is 30.3 Å². The van der Waals surface area contributed by atoms with Gasteiger partial charge in [-0.1, -0.05) is 5.92 Å². The highest BCUT2D eigenvalue weighted by molar-refractivity contribution is 7.99. The van der Waals surface area contributed by atoms with Crippen molar-refractivity contribution in [1.82, 2.24) is 5.32 Å². The normalized spacial score (nSPS) is 9.71. The summed E-state index contributed by atoms with van der Waals surface area (Å²) in [6.45, 7) is 0.532. The molecular formula is C12H12FNOS2. The number of thioether (sulfide) groups is 1. The van der Waals surface area contributed by atoms with Crippen molar-refractivity contribution in [1.29, 1.82) is 0 Å². The van der Waals surface area contributed by atoms with Gasteiger partial charge in [-0.25, -0.2) is 4.39 Å². The number of rotatable bonds is 5. The predicted molar refractivity (Wildman–Crippen MR) is 72.1 cm³/mol. The molecule has 0 bridgehead atoms. The molecule has 0 radical (unpaired) electrons. The quantitative estimate of drug-likeness (QED) is 0.487. The third-order valence-electron chi connectivity index (χ3n) is 1.93. The topological polar surface area (TPSA) is 29.1 Å². The minimum absolute atomic E-state index is 0.166. The van der Waals surface area contributed by atoms with Gasteiger partial charge in [0.1, 0.15) is 5.82 Å². The molecule has 1 N–H and O–H groups in total. The molecule has 0 saturated carbocycles. The Hall–Kier alpha value is -1.12. The van der Waals surface area contributed by atoms with Crippen LogP contribution in [0.5, 0.6) is 0 Å². The smallest absolute Gasteiger partial charge is 0.251 e. The third kappa shape index (κ3) is 4.72. The van der Waals surface area contributed by atoms with Crippen molar-refractivity contribution < 1.29 is 9.18 Å². The fraction of sp³-hybridized carbons (Fsp3) is 0.250. The first kappa shape index (κ1) is 13.9. The largest absolute Gasteiger partial charge is 0.351 e. The highest BCUT2D eigenvalue weighted by Crippen LogP contribution is 2.14. The molecule has 0 saturated heterocycles. The van der Waals surface area contributed by atoms with E-state index in [0.717, 1.165) is 5.75 Å². The summed E-state index contributed by atoms with van der Waals surface area (Å²) in [7, 11) is 0. The van der Waals surface area contributed by atoms with Gasteiger partial charge in [0.05, 0.1) is 5.75 Å². The van der Waals surface area contributed by atoms with Crippen LogP contribution in [0.15, 0.2) is 23.1 Å². The molecule has 0 spiro atoms. The fourth-order valence-electron chi connectivity index (χ4n) is 1.12. The molecule has 17 heavy (non-hydrogen) atoms. The lowest BCUT2D eigenvalue weighted by Gasteiger charge is -2.05. The number of halogens is 1. The summed E-state index contributed by atoms with van der Waals surface area (Å²) in [6.07, 6.45) is 5.09. The molecule has 2 nitrogen and oxygen atoms in total. The van der Waals surface area contributed by atoms with Gasteiger partial charge in [0.15, 0.2) is 0 Å². The van der Waals surface area contributed by atoms with E-state index in [2.05, 4.69) is 23.9 Å². The molecule has 0 heterocycles. The molecule has 0 unspecified atom stereocenters. The highest BCUT2D eigenvalue weighted by Gasteiger charge is 2.07. The molecule has 1 amide bonds. The van der Waals surface area contributed by atoms with Crippen LogP contribution in [0.2, 0.25) is 0 Å². The molecular weight excluding hydrogens is 257 g/mol. The van der Waals surface area contributed by atoms with Gasteiger partial charge in [-0.2, -0.15) is 0 Å². The maximum absolute atomic E-state index is 12.9. The molecule has 90 valence electrons. The van der Waals surface area contributed by atoms with Crippen LogP contribution in [-0.4, -0.2) is 24.0 Å². The van der Waals surface area contributed by atoms with Gasteiger partial charge >= 0.3 is 0 Å². The zero-order valence-corrected chi connectivity index (χ0v) is 10.8. The first-order valence-electron chi connectivity index (χ1n) is 4.93. The average Bonchev–Trinajstić information content (AvgIpc) is 2.32. The van der Waals surface area contributed by atoms with Crippen LogP contribution in [0.1, 0.15) is 10.4 Å². The molecule has 1 aromatic rings. The van der Waals surface area contributed by atoms with Crippen molar-refractivity contribution in [3.05, 3.63) is 29.6 Å². The van der Waals surface area contributed by atoms with Crippen molar-refractivity contribution in [2.75, 3.05) is 18.1 Å². The third-order valence-corrected chi connectivity index (χ3v) is 3.13. The molecule has 0 aromatic heterocycles. The van der Waals surface area contributed by atoms with E-state index < -0.39 is 5.82 Å². The van der Waals surface area contributed by atoms with E-state index in [1.165, 1.54) is 18.2 Å². The highest BCUT2D eigenvalue weighted by atomic mass is 32.2. The predicted octanol–water partition coefficient (Wildman–Crippen LogP) is 2.21. The van der Waals surface area contributed by atoms with Crippen LogP contribution in [0.3, 0.4) is 0 Å². The minimum atomic E-state index is -0.436. The van der Waals surface area contributed by atoms with Crippen molar-refractivity contribution in [3.8, 4) is 12.3 Å². The summed E-state index contributed by atoms with van der Waals surface area (Å²) < 4.78 is 12.9. The SMILES string of the molecule is C#CCSCCNC(=O)c1ccc(F)c(S)c1. The first-order chi connectivity index (χ1) is 8.15. The van der Waals surface area contributed by atoms with Gasteiger partial charge in [-0.05, 0) is 18.2 Å². The Morgan fingerprint density at radius 1 is 1.59 bits per heavy atom. The number of benzene rings is 1. The Kier molecular flexibility index (Phi) is 5.95. The van der Waals surface area contributed by atoms with Crippen molar-refractivity contribution in [2.24, 2.45) is 0 Å². The Bertz CT molecular complexity index is 443. The summed E-state index contributed by atoms with van der Waals surface area (Å²) in [5, 5.41) is 2.72. The maximum atomic E-state index is 12.9. The van der Waals surface area contributed by atoms with Gasteiger partial charge in [-0.3, -0.25) is 4.79 Å². The van der Waals surface area contributed by atoms with Crippen LogP contribution in [0.25, 0.3) is 0 Å². The van der Waals surface area contributed by atoms with Crippen LogP contribution < -0.4 is 5.32 Å². The number of thiol groups is 1. The lowest BCUT2D eigenvalue weighted by atomic mass is 10.2. The number of carbonyl (C=O) groups is 1. The molecule has 1 rings (SSSR count).